The number of rotatable bonds is 2. The zero-order valence-electron chi connectivity index (χ0n) is 9.73. The Kier molecular flexibility index (Phi) is 2.52. The quantitative estimate of drug-likeness (QED) is 0.524. The van der Waals surface area contributed by atoms with Crippen LogP contribution in [-0.4, -0.2) is 24.6 Å². The number of ether oxygens (including phenoxy) is 2. The summed E-state index contributed by atoms with van der Waals surface area (Å²) in [6.07, 6.45) is 3.47. The molecule has 0 saturated carbocycles. The van der Waals surface area contributed by atoms with E-state index >= 15 is 0 Å². The first-order valence-corrected chi connectivity index (χ1v) is 5.45. The normalized spacial score (nSPS) is 31.7. The van der Waals surface area contributed by atoms with E-state index < -0.39 is 5.41 Å². The van der Waals surface area contributed by atoms with Crippen molar-refractivity contribution in [3.8, 4) is 0 Å². The molecule has 0 aromatic rings. The average molecular weight is 224 g/mol. The van der Waals surface area contributed by atoms with Gasteiger partial charge in [-0.3, -0.25) is 9.59 Å². The van der Waals surface area contributed by atoms with Gasteiger partial charge in [-0.25, -0.2) is 0 Å². The summed E-state index contributed by atoms with van der Waals surface area (Å²) < 4.78 is 10.3. The van der Waals surface area contributed by atoms with Crippen LogP contribution in [0, 0.1) is 17.3 Å². The highest BCUT2D eigenvalue weighted by Crippen LogP contribution is 2.37. The third-order valence-electron chi connectivity index (χ3n) is 2.92. The van der Waals surface area contributed by atoms with Crippen molar-refractivity contribution in [2.45, 2.75) is 26.9 Å². The zero-order valence-corrected chi connectivity index (χ0v) is 9.73. The van der Waals surface area contributed by atoms with Crippen LogP contribution in [0.25, 0.3) is 0 Å². The van der Waals surface area contributed by atoms with Crippen LogP contribution in [0.3, 0.4) is 0 Å². The number of fused-ring (bicyclic) bond motifs is 1. The first-order chi connectivity index (χ1) is 7.39. The molecule has 1 heterocycles. The van der Waals surface area contributed by atoms with Crippen LogP contribution in [0.4, 0.5) is 0 Å². The van der Waals surface area contributed by atoms with Gasteiger partial charge in [0.25, 0.3) is 0 Å². The zero-order chi connectivity index (χ0) is 11.9. The summed E-state index contributed by atoms with van der Waals surface area (Å²) in [6, 6.07) is 0. The molecule has 3 atom stereocenters. The topological polar surface area (TPSA) is 52.6 Å². The van der Waals surface area contributed by atoms with Crippen molar-refractivity contribution in [1.29, 1.82) is 0 Å². The minimum absolute atomic E-state index is 0.0975. The van der Waals surface area contributed by atoms with E-state index in [2.05, 4.69) is 0 Å². The van der Waals surface area contributed by atoms with Crippen LogP contribution < -0.4 is 0 Å². The first kappa shape index (κ1) is 11.2. The van der Waals surface area contributed by atoms with E-state index in [4.69, 9.17) is 9.47 Å². The molecule has 2 aliphatic rings. The van der Waals surface area contributed by atoms with Gasteiger partial charge < -0.3 is 9.47 Å². The summed E-state index contributed by atoms with van der Waals surface area (Å²) >= 11 is 0. The molecule has 16 heavy (non-hydrogen) atoms. The summed E-state index contributed by atoms with van der Waals surface area (Å²) in [6.45, 7) is 5.54. The van der Waals surface area contributed by atoms with Crippen molar-refractivity contribution in [1.82, 2.24) is 0 Å². The van der Waals surface area contributed by atoms with E-state index in [1.165, 1.54) is 0 Å². The first-order valence-electron chi connectivity index (χ1n) is 5.45. The summed E-state index contributed by atoms with van der Waals surface area (Å²) in [7, 11) is 0. The van der Waals surface area contributed by atoms with Crippen molar-refractivity contribution in [2.75, 3.05) is 6.61 Å². The fourth-order valence-electron chi connectivity index (χ4n) is 1.77. The number of hydrogen-bond acceptors (Lipinski definition) is 4. The number of hydrogen-bond donors (Lipinski definition) is 0. The van der Waals surface area contributed by atoms with E-state index in [-0.39, 0.29) is 36.5 Å². The minimum Gasteiger partial charge on any atom is -0.461 e. The number of carbonyl (C=O) groups excluding carboxylic acids is 2. The van der Waals surface area contributed by atoms with Crippen LogP contribution in [0.15, 0.2) is 12.2 Å². The molecule has 0 bridgehead atoms. The van der Waals surface area contributed by atoms with Crippen molar-refractivity contribution in [2.24, 2.45) is 17.3 Å². The number of esters is 2. The molecule has 4 nitrogen and oxygen atoms in total. The van der Waals surface area contributed by atoms with Crippen LogP contribution in [0.5, 0.6) is 0 Å². The van der Waals surface area contributed by atoms with Gasteiger partial charge in [-0.05, 0) is 20.8 Å². The fraction of sp³-hybridized carbons (Fsp3) is 0.667. The molecule has 1 aliphatic carbocycles. The Balaban J connectivity index is 1.86. The molecule has 1 aliphatic heterocycles. The minimum atomic E-state index is -0.516. The lowest BCUT2D eigenvalue weighted by Gasteiger charge is -2.23. The summed E-state index contributed by atoms with van der Waals surface area (Å²) in [4.78, 5) is 22.8. The maximum atomic E-state index is 11.5. The predicted molar refractivity (Wildman–Crippen MR) is 56.4 cm³/mol. The summed E-state index contributed by atoms with van der Waals surface area (Å²) in [5.41, 5.74) is -0.516. The maximum Gasteiger partial charge on any atom is 0.313 e. The fourth-order valence-corrected chi connectivity index (χ4v) is 1.77. The Morgan fingerprint density at radius 2 is 2.12 bits per heavy atom. The van der Waals surface area contributed by atoms with Gasteiger partial charge in [0.15, 0.2) is 0 Å². The van der Waals surface area contributed by atoms with E-state index in [0.29, 0.717) is 0 Å². The second-order valence-electron chi connectivity index (χ2n) is 5.31. The Morgan fingerprint density at radius 1 is 1.44 bits per heavy atom. The molecule has 0 N–H and O–H groups in total. The Bertz CT molecular complexity index is 351. The Labute approximate surface area is 94.6 Å². The van der Waals surface area contributed by atoms with Gasteiger partial charge in [0.2, 0.25) is 0 Å². The molecule has 1 fully saturated rings. The highest BCUT2D eigenvalue weighted by atomic mass is 16.6. The molecule has 88 valence electrons. The summed E-state index contributed by atoms with van der Waals surface area (Å²) in [5.74, 6) is -0.488. The van der Waals surface area contributed by atoms with Crippen molar-refractivity contribution in [3.63, 3.8) is 0 Å². The molecule has 4 heteroatoms. The van der Waals surface area contributed by atoms with Crippen molar-refractivity contribution < 1.29 is 19.1 Å². The lowest BCUT2D eigenvalue weighted by atomic mass is 9.81. The van der Waals surface area contributed by atoms with Gasteiger partial charge in [-0.2, -0.15) is 0 Å². The van der Waals surface area contributed by atoms with Gasteiger partial charge in [0, 0.05) is 5.92 Å². The van der Waals surface area contributed by atoms with Gasteiger partial charge in [0.05, 0.1) is 11.3 Å². The van der Waals surface area contributed by atoms with Gasteiger partial charge in [-0.1, -0.05) is 12.2 Å². The molecule has 0 radical (unpaired) electrons. The van der Waals surface area contributed by atoms with Crippen LogP contribution in [0.1, 0.15) is 20.8 Å². The number of cyclic esters (lactones) is 1. The van der Waals surface area contributed by atoms with Gasteiger partial charge >= 0.3 is 11.9 Å². The van der Waals surface area contributed by atoms with E-state index in [1.54, 1.807) is 20.8 Å². The third kappa shape index (κ3) is 1.84. The molecule has 0 spiro atoms. The van der Waals surface area contributed by atoms with Crippen LogP contribution >= 0.6 is 0 Å². The Morgan fingerprint density at radius 3 is 2.56 bits per heavy atom. The van der Waals surface area contributed by atoms with E-state index in [1.807, 2.05) is 12.2 Å². The maximum absolute atomic E-state index is 11.5. The molecule has 0 aromatic heterocycles. The number of carbonyl (C=O) groups is 2. The van der Waals surface area contributed by atoms with E-state index in [9.17, 15) is 9.59 Å². The van der Waals surface area contributed by atoms with Gasteiger partial charge in [0.1, 0.15) is 12.7 Å². The lowest BCUT2D eigenvalue weighted by Crippen LogP contribution is -2.31. The van der Waals surface area contributed by atoms with Crippen LogP contribution in [0.2, 0.25) is 0 Å². The molecule has 2 unspecified atom stereocenters. The monoisotopic (exact) mass is 224 g/mol. The largest absolute Gasteiger partial charge is 0.461 e. The lowest BCUT2D eigenvalue weighted by molar-refractivity contribution is -0.160. The van der Waals surface area contributed by atoms with E-state index in [0.717, 1.165) is 0 Å². The predicted octanol–water partition coefficient (Wildman–Crippen LogP) is 1.30. The average Bonchev–Trinajstić information content (AvgIpc) is 2.29. The molecular formula is C12H16O4. The molecule has 1 saturated heterocycles. The third-order valence-corrected chi connectivity index (χ3v) is 2.92. The highest BCUT2D eigenvalue weighted by Gasteiger charge is 2.46. The molecule has 0 amide bonds. The summed E-state index contributed by atoms with van der Waals surface area (Å²) in [5, 5.41) is 0. The smallest absolute Gasteiger partial charge is 0.313 e. The highest BCUT2D eigenvalue weighted by molar-refractivity contribution is 5.80. The SMILES string of the molecule is CC(C)(C)C(=O)OC[C@@H]1OC(=O)C2C=CC21. The molecule has 2 rings (SSSR count). The Hall–Kier alpha value is -1.32. The second kappa shape index (κ2) is 3.61. The standard InChI is InChI=1S/C12H16O4/c1-12(2,3)11(14)15-6-9-7-4-5-8(7)10(13)16-9/h4-5,7-9H,6H2,1-3H3/t7?,8?,9-/m0/s1. The molecule has 0 aromatic carbocycles. The van der Waals surface area contributed by atoms with Crippen LogP contribution in [-0.2, 0) is 19.1 Å². The van der Waals surface area contributed by atoms with Crippen molar-refractivity contribution >= 4 is 11.9 Å². The van der Waals surface area contributed by atoms with Gasteiger partial charge in [-0.15, -0.1) is 0 Å². The van der Waals surface area contributed by atoms with Crippen molar-refractivity contribution in [3.05, 3.63) is 12.2 Å². The second-order valence-corrected chi connectivity index (χ2v) is 5.31. The molecular weight excluding hydrogens is 208 g/mol.